The van der Waals surface area contributed by atoms with E-state index in [1.807, 2.05) is 0 Å². The first-order chi connectivity index (χ1) is 32.5. The molecule has 66 heavy (non-hydrogen) atoms. The van der Waals surface area contributed by atoms with Gasteiger partial charge in [-0.05, 0) is 70.6 Å². The molecule has 0 saturated heterocycles. The molecule has 0 unspecified atom stereocenters. The van der Waals surface area contributed by atoms with E-state index in [1.165, 1.54) is 186 Å². The summed E-state index contributed by atoms with van der Waals surface area (Å²) in [6.07, 6.45) is 65.6. The molecule has 0 fully saturated rings. The highest BCUT2D eigenvalue weighted by atomic mass is 16.6. The van der Waals surface area contributed by atoms with Crippen molar-refractivity contribution in [1.29, 1.82) is 0 Å². The van der Waals surface area contributed by atoms with E-state index in [0.717, 1.165) is 83.5 Å². The van der Waals surface area contributed by atoms with Gasteiger partial charge in [0, 0.05) is 19.3 Å². The summed E-state index contributed by atoms with van der Waals surface area (Å²) in [5.74, 6) is -0.883. The first-order valence-corrected chi connectivity index (χ1v) is 29.0. The van der Waals surface area contributed by atoms with Crippen molar-refractivity contribution >= 4 is 17.9 Å². The predicted octanol–water partition coefficient (Wildman–Crippen LogP) is 19.3. The standard InChI is InChI=1S/C60H110O6/c1-4-7-10-13-16-19-22-25-28-29-30-31-33-35-38-41-44-47-50-53-59(62)65-56-57(55-64-58(61)52-49-46-43-40-37-34-27-24-21-18-15-12-9-6-3)66-60(63)54-51-48-45-42-39-36-32-26-23-20-17-14-11-8-5-2/h15,18,24,26-27,32,57H,4-14,16-17,19-23,25,28-31,33-56H2,1-3H3/b18-15-,27-24-,32-26-/t57-/m1/s1. The van der Waals surface area contributed by atoms with Crippen LogP contribution in [0.25, 0.3) is 0 Å². The summed E-state index contributed by atoms with van der Waals surface area (Å²) in [4.78, 5) is 38.1. The third-order valence-corrected chi connectivity index (χ3v) is 12.9. The summed E-state index contributed by atoms with van der Waals surface area (Å²) in [5.41, 5.74) is 0. The fourth-order valence-electron chi connectivity index (χ4n) is 8.46. The monoisotopic (exact) mass is 927 g/mol. The Hall–Kier alpha value is -2.37. The first-order valence-electron chi connectivity index (χ1n) is 29.0. The molecule has 0 aromatic carbocycles. The molecule has 0 aromatic heterocycles. The van der Waals surface area contributed by atoms with Gasteiger partial charge < -0.3 is 14.2 Å². The number of esters is 3. The Kier molecular flexibility index (Phi) is 53.2. The van der Waals surface area contributed by atoms with E-state index in [0.29, 0.717) is 19.3 Å². The molecule has 0 bridgehead atoms. The predicted molar refractivity (Wildman–Crippen MR) is 284 cm³/mol. The van der Waals surface area contributed by atoms with E-state index in [1.54, 1.807) is 0 Å². The second-order valence-corrected chi connectivity index (χ2v) is 19.6. The van der Waals surface area contributed by atoms with E-state index >= 15 is 0 Å². The number of carbonyl (C=O) groups is 3. The Balaban J connectivity index is 4.34. The molecule has 1 atom stereocenters. The van der Waals surface area contributed by atoms with Crippen molar-refractivity contribution in [1.82, 2.24) is 0 Å². The second kappa shape index (κ2) is 55.2. The van der Waals surface area contributed by atoms with Crippen molar-refractivity contribution in [2.24, 2.45) is 0 Å². The van der Waals surface area contributed by atoms with Gasteiger partial charge in [0.2, 0.25) is 0 Å². The summed E-state index contributed by atoms with van der Waals surface area (Å²) in [7, 11) is 0. The van der Waals surface area contributed by atoms with Gasteiger partial charge in [0.25, 0.3) is 0 Å². The Morgan fingerprint density at radius 1 is 0.303 bits per heavy atom. The van der Waals surface area contributed by atoms with Crippen molar-refractivity contribution in [2.45, 2.75) is 316 Å². The van der Waals surface area contributed by atoms with Crippen LogP contribution in [0.3, 0.4) is 0 Å². The van der Waals surface area contributed by atoms with E-state index in [-0.39, 0.29) is 31.1 Å². The topological polar surface area (TPSA) is 78.9 Å². The van der Waals surface area contributed by atoms with Crippen molar-refractivity contribution < 1.29 is 28.6 Å². The number of rotatable bonds is 53. The minimum Gasteiger partial charge on any atom is -0.462 e. The van der Waals surface area contributed by atoms with Crippen LogP contribution in [-0.4, -0.2) is 37.2 Å². The van der Waals surface area contributed by atoms with Crippen molar-refractivity contribution in [2.75, 3.05) is 13.2 Å². The summed E-state index contributed by atoms with van der Waals surface area (Å²) >= 11 is 0. The van der Waals surface area contributed by atoms with Gasteiger partial charge in [-0.2, -0.15) is 0 Å². The van der Waals surface area contributed by atoms with E-state index in [9.17, 15) is 14.4 Å². The Morgan fingerprint density at radius 2 is 0.561 bits per heavy atom. The first kappa shape index (κ1) is 63.6. The molecular formula is C60H110O6. The molecule has 0 spiro atoms. The molecule has 0 rings (SSSR count). The van der Waals surface area contributed by atoms with Crippen LogP contribution in [0.1, 0.15) is 310 Å². The Bertz CT molecular complexity index is 1110. The fourth-order valence-corrected chi connectivity index (χ4v) is 8.46. The van der Waals surface area contributed by atoms with Gasteiger partial charge in [-0.15, -0.1) is 0 Å². The van der Waals surface area contributed by atoms with Crippen LogP contribution in [0.2, 0.25) is 0 Å². The van der Waals surface area contributed by atoms with Crippen molar-refractivity contribution in [3.63, 3.8) is 0 Å². The van der Waals surface area contributed by atoms with Gasteiger partial charge in [0.05, 0.1) is 0 Å². The van der Waals surface area contributed by atoms with Crippen LogP contribution in [0.4, 0.5) is 0 Å². The largest absolute Gasteiger partial charge is 0.462 e. The number of ether oxygens (including phenoxy) is 3. The van der Waals surface area contributed by atoms with Gasteiger partial charge in [-0.1, -0.05) is 256 Å². The molecule has 6 nitrogen and oxygen atoms in total. The maximum Gasteiger partial charge on any atom is 0.306 e. The lowest BCUT2D eigenvalue weighted by atomic mass is 10.0. The lowest BCUT2D eigenvalue weighted by Crippen LogP contribution is -2.30. The van der Waals surface area contributed by atoms with Crippen LogP contribution >= 0.6 is 0 Å². The molecule has 0 aliphatic carbocycles. The number of hydrogen-bond donors (Lipinski definition) is 0. The molecule has 0 aliphatic rings. The zero-order chi connectivity index (χ0) is 47.9. The average molecular weight is 928 g/mol. The molecule has 0 heterocycles. The lowest BCUT2D eigenvalue weighted by molar-refractivity contribution is -0.167. The number of hydrogen-bond acceptors (Lipinski definition) is 6. The molecule has 0 N–H and O–H groups in total. The van der Waals surface area contributed by atoms with E-state index < -0.39 is 6.10 Å². The smallest absolute Gasteiger partial charge is 0.306 e. The molecule has 6 heteroatoms. The Morgan fingerprint density at radius 3 is 0.894 bits per heavy atom. The van der Waals surface area contributed by atoms with Crippen molar-refractivity contribution in [3.05, 3.63) is 36.5 Å². The maximum atomic E-state index is 12.8. The van der Waals surface area contributed by atoms with Crippen LogP contribution in [0.5, 0.6) is 0 Å². The van der Waals surface area contributed by atoms with Crippen LogP contribution in [0, 0.1) is 0 Å². The minimum atomic E-state index is -0.779. The van der Waals surface area contributed by atoms with Crippen LogP contribution < -0.4 is 0 Å². The molecule has 0 saturated carbocycles. The summed E-state index contributed by atoms with van der Waals surface area (Å²) in [6, 6.07) is 0. The summed E-state index contributed by atoms with van der Waals surface area (Å²) in [6.45, 7) is 6.62. The number of allylic oxidation sites excluding steroid dienone is 6. The third kappa shape index (κ3) is 52.6. The number of unbranched alkanes of at least 4 members (excludes halogenated alkanes) is 36. The maximum absolute atomic E-state index is 12.8. The zero-order valence-corrected chi connectivity index (χ0v) is 44.2. The van der Waals surface area contributed by atoms with Gasteiger partial charge >= 0.3 is 17.9 Å². The van der Waals surface area contributed by atoms with E-state index in [4.69, 9.17) is 14.2 Å². The molecule has 0 aliphatic heterocycles. The quantitative estimate of drug-likeness (QED) is 0.0262. The highest BCUT2D eigenvalue weighted by molar-refractivity contribution is 5.71. The number of carbonyl (C=O) groups excluding carboxylic acids is 3. The molecule has 0 radical (unpaired) electrons. The van der Waals surface area contributed by atoms with Gasteiger partial charge in [0.1, 0.15) is 13.2 Å². The third-order valence-electron chi connectivity index (χ3n) is 12.9. The summed E-state index contributed by atoms with van der Waals surface area (Å²) < 4.78 is 16.9. The molecule has 0 amide bonds. The highest BCUT2D eigenvalue weighted by Crippen LogP contribution is 2.16. The molecule has 386 valence electrons. The molecular weight excluding hydrogens is 817 g/mol. The Labute approximate surface area is 410 Å². The SMILES string of the molecule is CCCC/C=C\C/C=C\CCCCCCCC(=O)OC[C@H](COC(=O)CCCCCCCCCCCCCCCCCCCCC)OC(=O)CCCCCCC/C=C\CCCCCCCC. The molecule has 0 aromatic rings. The zero-order valence-electron chi connectivity index (χ0n) is 44.2. The van der Waals surface area contributed by atoms with E-state index in [2.05, 4.69) is 57.2 Å². The van der Waals surface area contributed by atoms with Crippen molar-refractivity contribution in [3.8, 4) is 0 Å². The fraction of sp³-hybridized carbons (Fsp3) is 0.850. The summed E-state index contributed by atoms with van der Waals surface area (Å²) in [5, 5.41) is 0. The van der Waals surface area contributed by atoms with Gasteiger partial charge in [-0.25, -0.2) is 0 Å². The highest BCUT2D eigenvalue weighted by Gasteiger charge is 2.19. The van der Waals surface area contributed by atoms with Gasteiger partial charge in [-0.3, -0.25) is 14.4 Å². The minimum absolute atomic E-state index is 0.0764. The van der Waals surface area contributed by atoms with Gasteiger partial charge in [0.15, 0.2) is 6.10 Å². The second-order valence-electron chi connectivity index (χ2n) is 19.6. The normalized spacial score (nSPS) is 12.2. The average Bonchev–Trinajstić information content (AvgIpc) is 3.31. The van der Waals surface area contributed by atoms with Crippen LogP contribution in [-0.2, 0) is 28.6 Å². The van der Waals surface area contributed by atoms with Crippen LogP contribution in [0.15, 0.2) is 36.5 Å². The lowest BCUT2D eigenvalue weighted by Gasteiger charge is -2.18.